The summed E-state index contributed by atoms with van der Waals surface area (Å²) in [5, 5.41) is 0. The van der Waals surface area contributed by atoms with E-state index in [1.165, 1.54) is 7.11 Å². The van der Waals surface area contributed by atoms with Crippen LogP contribution in [0.1, 0.15) is 6.42 Å². The molecule has 0 amide bonds. The number of methoxy groups -OCH3 is 1. The number of carbonyl (C=O) groups is 1. The molecule has 0 saturated carbocycles. The summed E-state index contributed by atoms with van der Waals surface area (Å²) in [7, 11) is 3.32. The summed E-state index contributed by atoms with van der Waals surface area (Å²) in [6, 6.07) is 5.76. The minimum atomic E-state index is -0.209. The second-order valence-corrected chi connectivity index (χ2v) is 4.08. The summed E-state index contributed by atoms with van der Waals surface area (Å²) >= 11 is 0. The number of esters is 1. The highest BCUT2D eigenvalue weighted by atomic mass is 16.6. The second kappa shape index (κ2) is 5.62. The summed E-state index contributed by atoms with van der Waals surface area (Å²) in [6.45, 7) is 1.76. The van der Waals surface area contributed by atoms with E-state index in [2.05, 4.69) is 4.74 Å². The molecule has 5 nitrogen and oxygen atoms in total. The minimum absolute atomic E-state index is 0.209. The Morgan fingerprint density at radius 1 is 1.33 bits per heavy atom. The van der Waals surface area contributed by atoms with Gasteiger partial charge in [-0.15, -0.1) is 0 Å². The smallest absolute Gasteiger partial charge is 0.307 e. The molecular weight excluding hydrogens is 234 g/mol. The van der Waals surface area contributed by atoms with Crippen molar-refractivity contribution in [1.29, 1.82) is 0 Å². The van der Waals surface area contributed by atoms with Crippen molar-refractivity contribution in [2.45, 2.75) is 6.42 Å². The minimum Gasteiger partial charge on any atom is -0.486 e. The lowest BCUT2D eigenvalue weighted by Gasteiger charge is -2.23. The molecule has 0 fully saturated rings. The first-order valence-corrected chi connectivity index (χ1v) is 5.88. The van der Waals surface area contributed by atoms with Gasteiger partial charge in [0.05, 0.1) is 13.5 Å². The Bertz CT molecular complexity index is 433. The molecule has 98 valence electrons. The van der Waals surface area contributed by atoms with Crippen molar-refractivity contribution in [2.75, 3.05) is 38.8 Å². The molecule has 0 unspecified atom stereocenters. The second-order valence-electron chi connectivity index (χ2n) is 4.08. The maximum absolute atomic E-state index is 11.1. The van der Waals surface area contributed by atoms with E-state index < -0.39 is 0 Å². The molecular formula is C13H17NO4. The lowest BCUT2D eigenvalue weighted by atomic mass is 10.2. The fourth-order valence-electron chi connectivity index (χ4n) is 1.76. The zero-order valence-corrected chi connectivity index (χ0v) is 10.6. The average molecular weight is 251 g/mol. The van der Waals surface area contributed by atoms with Crippen LogP contribution in [0.5, 0.6) is 11.5 Å². The number of nitrogens with zero attached hydrogens (tertiary/aromatic N) is 1. The molecule has 2 rings (SSSR count). The summed E-state index contributed by atoms with van der Waals surface area (Å²) < 4.78 is 15.6. The number of rotatable bonds is 4. The van der Waals surface area contributed by atoms with Gasteiger partial charge in [-0.3, -0.25) is 4.79 Å². The predicted molar refractivity (Wildman–Crippen MR) is 67.3 cm³/mol. The first-order valence-electron chi connectivity index (χ1n) is 5.88. The van der Waals surface area contributed by atoms with Crippen LogP contribution in [0.2, 0.25) is 0 Å². The Morgan fingerprint density at radius 2 is 2.06 bits per heavy atom. The van der Waals surface area contributed by atoms with Crippen molar-refractivity contribution in [3.63, 3.8) is 0 Å². The Labute approximate surface area is 106 Å². The zero-order valence-electron chi connectivity index (χ0n) is 10.6. The van der Waals surface area contributed by atoms with E-state index in [1.807, 2.05) is 30.1 Å². The summed E-state index contributed by atoms with van der Waals surface area (Å²) in [5.41, 5.74) is 0.989. The van der Waals surface area contributed by atoms with Crippen LogP contribution in [0, 0.1) is 0 Å². The summed E-state index contributed by atoms with van der Waals surface area (Å²) in [5.74, 6) is 1.31. The number of anilines is 1. The molecule has 0 aromatic heterocycles. The standard InChI is InChI=1S/C13H17NO4/c1-14(6-5-13(15)16-2)10-3-4-11-12(9-10)18-8-7-17-11/h3-4,9H,5-8H2,1-2H3. The van der Waals surface area contributed by atoms with E-state index in [9.17, 15) is 4.79 Å². The van der Waals surface area contributed by atoms with Crippen LogP contribution in [0.4, 0.5) is 5.69 Å². The van der Waals surface area contributed by atoms with Gasteiger partial charge in [-0.25, -0.2) is 0 Å². The summed E-state index contributed by atoms with van der Waals surface area (Å²) in [4.78, 5) is 13.1. The molecule has 0 bridgehead atoms. The maximum Gasteiger partial charge on any atom is 0.307 e. The molecule has 18 heavy (non-hydrogen) atoms. The third kappa shape index (κ3) is 2.85. The highest BCUT2D eigenvalue weighted by Gasteiger charge is 2.13. The van der Waals surface area contributed by atoms with Crippen LogP contribution >= 0.6 is 0 Å². The molecule has 0 atom stereocenters. The third-order valence-electron chi connectivity index (χ3n) is 2.85. The van der Waals surface area contributed by atoms with Crippen molar-refractivity contribution < 1.29 is 19.0 Å². The monoisotopic (exact) mass is 251 g/mol. The van der Waals surface area contributed by atoms with Gasteiger partial charge in [-0.1, -0.05) is 0 Å². The molecule has 0 radical (unpaired) electrons. The Hall–Kier alpha value is -1.91. The van der Waals surface area contributed by atoms with Gasteiger partial charge in [-0.2, -0.15) is 0 Å². The van der Waals surface area contributed by atoms with Crippen molar-refractivity contribution in [3.8, 4) is 11.5 Å². The molecule has 0 N–H and O–H groups in total. The van der Waals surface area contributed by atoms with Gasteiger partial charge in [-0.05, 0) is 12.1 Å². The van der Waals surface area contributed by atoms with E-state index in [4.69, 9.17) is 9.47 Å². The first-order chi connectivity index (χ1) is 8.70. The Kier molecular flexibility index (Phi) is 3.92. The van der Waals surface area contributed by atoms with Crippen LogP contribution in [-0.2, 0) is 9.53 Å². The fraction of sp³-hybridized carbons (Fsp3) is 0.462. The van der Waals surface area contributed by atoms with Gasteiger partial charge in [0.2, 0.25) is 0 Å². The van der Waals surface area contributed by atoms with Gasteiger partial charge >= 0.3 is 5.97 Å². The van der Waals surface area contributed by atoms with Crippen LogP contribution in [0.3, 0.4) is 0 Å². The van der Waals surface area contributed by atoms with E-state index in [-0.39, 0.29) is 5.97 Å². The van der Waals surface area contributed by atoms with Gasteiger partial charge in [0.1, 0.15) is 13.2 Å². The number of ether oxygens (including phenoxy) is 3. The zero-order chi connectivity index (χ0) is 13.0. The topological polar surface area (TPSA) is 48.0 Å². The van der Waals surface area contributed by atoms with E-state index >= 15 is 0 Å². The van der Waals surface area contributed by atoms with Crippen molar-refractivity contribution >= 4 is 11.7 Å². The highest BCUT2D eigenvalue weighted by Crippen LogP contribution is 2.33. The van der Waals surface area contributed by atoms with Crippen molar-refractivity contribution in [3.05, 3.63) is 18.2 Å². The van der Waals surface area contributed by atoms with Gasteiger partial charge < -0.3 is 19.1 Å². The Balaban J connectivity index is 2.01. The molecule has 0 aliphatic carbocycles. The quantitative estimate of drug-likeness (QED) is 0.758. The van der Waals surface area contributed by atoms with Gasteiger partial charge in [0, 0.05) is 25.3 Å². The molecule has 1 aliphatic heterocycles. The van der Waals surface area contributed by atoms with Crippen LogP contribution in [0.25, 0.3) is 0 Å². The van der Waals surface area contributed by atoms with Gasteiger partial charge in [0.25, 0.3) is 0 Å². The van der Waals surface area contributed by atoms with Gasteiger partial charge in [0.15, 0.2) is 11.5 Å². The fourth-order valence-corrected chi connectivity index (χ4v) is 1.76. The lowest BCUT2D eigenvalue weighted by molar-refractivity contribution is -0.140. The van der Waals surface area contributed by atoms with E-state index in [0.29, 0.717) is 26.2 Å². The molecule has 0 spiro atoms. The van der Waals surface area contributed by atoms with Crippen molar-refractivity contribution in [2.24, 2.45) is 0 Å². The lowest BCUT2D eigenvalue weighted by Crippen LogP contribution is -2.22. The maximum atomic E-state index is 11.1. The molecule has 1 aliphatic rings. The number of fused-ring (bicyclic) bond motifs is 1. The predicted octanol–water partition coefficient (Wildman–Crippen LogP) is 1.46. The molecule has 1 aromatic rings. The average Bonchev–Trinajstić information content (AvgIpc) is 2.43. The molecule has 5 heteroatoms. The van der Waals surface area contributed by atoms with E-state index in [0.717, 1.165) is 17.2 Å². The normalized spacial score (nSPS) is 13.0. The SMILES string of the molecule is COC(=O)CCN(C)c1ccc2c(c1)OCCO2. The van der Waals surface area contributed by atoms with E-state index in [1.54, 1.807) is 0 Å². The highest BCUT2D eigenvalue weighted by molar-refractivity contribution is 5.70. The largest absolute Gasteiger partial charge is 0.486 e. The molecule has 1 heterocycles. The first kappa shape index (κ1) is 12.5. The molecule has 0 saturated heterocycles. The van der Waals surface area contributed by atoms with Crippen LogP contribution in [-0.4, -0.2) is 39.9 Å². The number of hydrogen-bond acceptors (Lipinski definition) is 5. The summed E-state index contributed by atoms with van der Waals surface area (Å²) in [6.07, 6.45) is 0.363. The third-order valence-corrected chi connectivity index (χ3v) is 2.85. The van der Waals surface area contributed by atoms with Crippen LogP contribution < -0.4 is 14.4 Å². The van der Waals surface area contributed by atoms with Crippen molar-refractivity contribution in [1.82, 2.24) is 0 Å². The number of carbonyl (C=O) groups excluding carboxylic acids is 1. The molecule has 1 aromatic carbocycles. The Morgan fingerprint density at radius 3 is 2.78 bits per heavy atom. The number of hydrogen-bond donors (Lipinski definition) is 0. The van der Waals surface area contributed by atoms with Crippen LogP contribution in [0.15, 0.2) is 18.2 Å². The number of benzene rings is 1.